The van der Waals surface area contributed by atoms with E-state index in [1.165, 1.54) is 20.1 Å². The van der Waals surface area contributed by atoms with E-state index >= 15 is 4.39 Å². The van der Waals surface area contributed by atoms with E-state index in [1.807, 2.05) is 26.8 Å². The number of methoxy groups -OCH3 is 1. The topological polar surface area (TPSA) is 68.7 Å². The number of rotatable bonds is 10. The predicted octanol–water partition coefficient (Wildman–Crippen LogP) is 6.72. The van der Waals surface area contributed by atoms with Crippen molar-refractivity contribution in [3.05, 3.63) is 76.7 Å². The summed E-state index contributed by atoms with van der Waals surface area (Å²) in [6.07, 6.45) is -0.112. The Bertz CT molecular complexity index is 1260. The molecule has 1 atom stereocenters. The fourth-order valence-electron chi connectivity index (χ4n) is 3.92. The molecule has 0 spiro atoms. The fourth-order valence-corrected chi connectivity index (χ4v) is 3.92. The second-order valence-electron chi connectivity index (χ2n) is 10.4. The van der Waals surface area contributed by atoms with Gasteiger partial charge in [0.2, 0.25) is 0 Å². The first-order valence-corrected chi connectivity index (χ1v) is 12.3. The Labute approximate surface area is 217 Å². The van der Waals surface area contributed by atoms with Crippen LogP contribution < -0.4 is 9.47 Å². The minimum absolute atomic E-state index is 0.0422. The molecule has 0 saturated heterocycles. The highest BCUT2D eigenvalue weighted by Crippen LogP contribution is 2.36. The normalized spacial score (nSPS) is 13.2. The van der Waals surface area contributed by atoms with Gasteiger partial charge < -0.3 is 14.6 Å². The van der Waals surface area contributed by atoms with E-state index in [0.717, 1.165) is 5.56 Å². The van der Waals surface area contributed by atoms with Gasteiger partial charge in [-0.1, -0.05) is 20.8 Å². The summed E-state index contributed by atoms with van der Waals surface area (Å²) in [5.74, 6) is 0.225. The van der Waals surface area contributed by atoms with E-state index in [9.17, 15) is 9.18 Å². The van der Waals surface area contributed by atoms with Gasteiger partial charge in [0.25, 0.3) is 0 Å². The number of ketones is 1. The SMILES string of the molecule is COc1cc(C(=O)CCC(C)(F)c2cc(C(C)(C)C)cc(-c3ccc(F)c(C)c3)n2)ccc1OCCO. The molecule has 1 unspecified atom stereocenters. The van der Waals surface area contributed by atoms with Crippen LogP contribution in [0.15, 0.2) is 48.5 Å². The number of aryl methyl sites for hydroxylation is 1. The summed E-state index contributed by atoms with van der Waals surface area (Å²) in [6, 6.07) is 13.1. The number of ether oxygens (including phenoxy) is 2. The molecule has 3 rings (SSSR count). The van der Waals surface area contributed by atoms with Crippen molar-refractivity contribution < 1.29 is 28.2 Å². The lowest BCUT2D eigenvalue weighted by atomic mass is 9.84. The van der Waals surface area contributed by atoms with Crippen molar-refractivity contribution in [2.75, 3.05) is 20.3 Å². The van der Waals surface area contributed by atoms with E-state index in [4.69, 9.17) is 14.6 Å². The van der Waals surface area contributed by atoms with Crippen LogP contribution in [-0.2, 0) is 11.1 Å². The molecule has 0 aliphatic rings. The molecule has 0 radical (unpaired) electrons. The Morgan fingerprint density at radius 1 is 1.03 bits per heavy atom. The van der Waals surface area contributed by atoms with Crippen LogP contribution in [0, 0.1) is 12.7 Å². The molecule has 37 heavy (non-hydrogen) atoms. The number of hydrogen-bond donors (Lipinski definition) is 1. The number of carbonyl (C=O) groups is 1. The Morgan fingerprint density at radius 2 is 1.76 bits per heavy atom. The third kappa shape index (κ3) is 6.92. The number of hydrogen-bond acceptors (Lipinski definition) is 5. The largest absolute Gasteiger partial charge is 0.493 e. The molecule has 198 valence electrons. The summed E-state index contributed by atoms with van der Waals surface area (Å²) in [7, 11) is 1.46. The molecule has 0 bridgehead atoms. The highest BCUT2D eigenvalue weighted by molar-refractivity contribution is 5.96. The zero-order valence-corrected chi connectivity index (χ0v) is 22.3. The Balaban J connectivity index is 1.88. The third-order valence-electron chi connectivity index (χ3n) is 6.34. The van der Waals surface area contributed by atoms with E-state index in [0.29, 0.717) is 33.9 Å². The fraction of sp³-hybridized carbons (Fsp3) is 0.400. The third-order valence-corrected chi connectivity index (χ3v) is 6.34. The van der Waals surface area contributed by atoms with Crippen LogP contribution in [-0.4, -0.2) is 36.2 Å². The van der Waals surface area contributed by atoms with Crippen molar-refractivity contribution in [3.8, 4) is 22.8 Å². The summed E-state index contributed by atoms with van der Waals surface area (Å²) in [4.78, 5) is 17.6. The smallest absolute Gasteiger partial charge is 0.163 e. The summed E-state index contributed by atoms with van der Waals surface area (Å²) < 4.78 is 40.7. The van der Waals surface area contributed by atoms with Crippen LogP contribution in [0.2, 0.25) is 0 Å². The zero-order valence-electron chi connectivity index (χ0n) is 22.3. The lowest BCUT2D eigenvalue weighted by Crippen LogP contribution is -2.21. The number of halogens is 2. The highest BCUT2D eigenvalue weighted by atomic mass is 19.1. The van der Waals surface area contributed by atoms with Gasteiger partial charge in [-0.2, -0.15) is 0 Å². The molecule has 0 fully saturated rings. The van der Waals surface area contributed by atoms with Crippen LogP contribution in [0.4, 0.5) is 8.78 Å². The summed E-state index contributed by atoms with van der Waals surface area (Å²) in [5, 5.41) is 8.97. The predicted molar refractivity (Wildman–Crippen MR) is 141 cm³/mol. The quantitative estimate of drug-likeness (QED) is 0.306. The molecule has 0 aliphatic heterocycles. The van der Waals surface area contributed by atoms with Crippen molar-refractivity contribution >= 4 is 5.78 Å². The number of aliphatic hydroxyl groups is 1. The summed E-state index contributed by atoms with van der Waals surface area (Å²) in [6.45, 7) is 9.17. The number of aliphatic hydroxyl groups excluding tert-OH is 1. The number of pyridine rings is 1. The second kappa shape index (κ2) is 11.4. The Kier molecular flexibility index (Phi) is 8.69. The number of alkyl halides is 1. The minimum Gasteiger partial charge on any atom is -0.493 e. The summed E-state index contributed by atoms with van der Waals surface area (Å²) >= 11 is 0. The molecule has 1 heterocycles. The van der Waals surface area contributed by atoms with Crippen LogP contribution in [0.5, 0.6) is 11.5 Å². The maximum absolute atomic E-state index is 16.1. The first kappa shape index (κ1) is 28.3. The number of aromatic nitrogens is 1. The maximum atomic E-state index is 16.1. The van der Waals surface area contributed by atoms with Gasteiger partial charge in [-0.05, 0) is 85.3 Å². The molecule has 1 N–H and O–H groups in total. The van der Waals surface area contributed by atoms with E-state index in [1.54, 1.807) is 43.3 Å². The maximum Gasteiger partial charge on any atom is 0.163 e. The molecule has 7 heteroatoms. The van der Waals surface area contributed by atoms with Gasteiger partial charge in [0.15, 0.2) is 17.3 Å². The number of benzene rings is 2. The molecular weight excluding hydrogens is 476 g/mol. The number of Topliss-reactive ketones (excluding diaryl/α,β-unsaturated/α-hetero) is 1. The average molecular weight is 512 g/mol. The average Bonchev–Trinajstić information content (AvgIpc) is 2.86. The Hall–Kier alpha value is -3.32. The number of nitrogens with zero attached hydrogens (tertiary/aromatic N) is 1. The first-order chi connectivity index (χ1) is 17.4. The van der Waals surface area contributed by atoms with Crippen molar-refractivity contribution in [1.82, 2.24) is 4.98 Å². The lowest BCUT2D eigenvalue weighted by Gasteiger charge is -2.25. The highest BCUT2D eigenvalue weighted by Gasteiger charge is 2.31. The second-order valence-corrected chi connectivity index (χ2v) is 10.4. The molecular formula is C30H35F2NO4. The lowest BCUT2D eigenvalue weighted by molar-refractivity contribution is 0.0929. The van der Waals surface area contributed by atoms with E-state index in [2.05, 4.69) is 4.98 Å². The van der Waals surface area contributed by atoms with Gasteiger partial charge in [0.1, 0.15) is 18.1 Å². The van der Waals surface area contributed by atoms with Gasteiger partial charge in [-0.3, -0.25) is 4.79 Å². The molecule has 0 saturated carbocycles. The Morgan fingerprint density at radius 3 is 2.38 bits per heavy atom. The van der Waals surface area contributed by atoms with Gasteiger partial charge in [-0.15, -0.1) is 0 Å². The summed E-state index contributed by atoms with van der Waals surface area (Å²) in [5.41, 5.74) is 1.10. The minimum atomic E-state index is -1.88. The molecule has 1 aromatic heterocycles. The van der Waals surface area contributed by atoms with Crippen LogP contribution in [0.25, 0.3) is 11.3 Å². The number of carbonyl (C=O) groups excluding carboxylic acids is 1. The van der Waals surface area contributed by atoms with Gasteiger partial charge in [-0.25, -0.2) is 13.8 Å². The van der Waals surface area contributed by atoms with E-state index in [-0.39, 0.29) is 48.8 Å². The van der Waals surface area contributed by atoms with E-state index < -0.39 is 5.67 Å². The molecule has 0 amide bonds. The standard InChI is InChI=1S/C30H35F2NO4/c1-19-15-20(7-9-23(19)31)24-17-22(29(2,3)4)18-28(33-24)30(5,32)12-11-25(35)21-8-10-26(37-14-13-34)27(16-21)36-6/h7-10,15-18,34H,11-14H2,1-6H3. The monoisotopic (exact) mass is 511 g/mol. The molecule has 2 aromatic carbocycles. The van der Waals surface area contributed by atoms with Crippen LogP contribution >= 0.6 is 0 Å². The van der Waals surface area contributed by atoms with Crippen molar-refractivity contribution in [2.24, 2.45) is 0 Å². The first-order valence-electron chi connectivity index (χ1n) is 12.3. The van der Waals surface area contributed by atoms with Crippen molar-refractivity contribution in [1.29, 1.82) is 0 Å². The van der Waals surface area contributed by atoms with Gasteiger partial charge >= 0.3 is 0 Å². The van der Waals surface area contributed by atoms with Crippen LogP contribution in [0.3, 0.4) is 0 Å². The van der Waals surface area contributed by atoms with Crippen molar-refractivity contribution in [3.63, 3.8) is 0 Å². The molecule has 3 aromatic rings. The van der Waals surface area contributed by atoms with Crippen LogP contribution in [0.1, 0.15) is 67.7 Å². The molecule has 5 nitrogen and oxygen atoms in total. The van der Waals surface area contributed by atoms with Gasteiger partial charge in [0.05, 0.1) is 25.1 Å². The van der Waals surface area contributed by atoms with Gasteiger partial charge in [0, 0.05) is 17.5 Å². The molecule has 0 aliphatic carbocycles. The zero-order chi connectivity index (χ0) is 27.4. The van der Waals surface area contributed by atoms with Crippen molar-refractivity contribution in [2.45, 2.75) is 58.5 Å².